The van der Waals surface area contributed by atoms with E-state index < -0.39 is 29.5 Å². The molecule has 1 saturated carbocycles. The second-order valence-electron chi connectivity index (χ2n) is 7.52. The largest absolute Gasteiger partial charge is 0.459 e. The quantitative estimate of drug-likeness (QED) is 0.605. The predicted molar refractivity (Wildman–Crippen MR) is 111 cm³/mol. The molecule has 1 aliphatic rings. The summed E-state index contributed by atoms with van der Waals surface area (Å²) < 4.78 is 34.9. The number of benzene rings is 2. The number of anilines is 1. The fourth-order valence-corrected chi connectivity index (χ4v) is 3.98. The predicted octanol–water partition coefficient (Wildman–Crippen LogP) is 5.00. The van der Waals surface area contributed by atoms with Crippen LogP contribution in [0.3, 0.4) is 0 Å². The summed E-state index contributed by atoms with van der Waals surface area (Å²) >= 11 is 0. The van der Waals surface area contributed by atoms with Crippen LogP contribution < -0.4 is 10.2 Å². The van der Waals surface area contributed by atoms with Crippen LogP contribution in [-0.2, 0) is 4.79 Å². The van der Waals surface area contributed by atoms with Gasteiger partial charge in [-0.15, -0.1) is 0 Å². The molecule has 0 bridgehead atoms. The topological polar surface area (TPSA) is 62.6 Å². The van der Waals surface area contributed by atoms with Gasteiger partial charge in [0, 0.05) is 11.6 Å². The summed E-state index contributed by atoms with van der Waals surface area (Å²) in [6.45, 7) is 0. The minimum Gasteiger partial charge on any atom is -0.459 e. The molecule has 0 aliphatic heterocycles. The summed E-state index contributed by atoms with van der Waals surface area (Å²) in [7, 11) is 0. The van der Waals surface area contributed by atoms with Crippen molar-refractivity contribution in [3.63, 3.8) is 0 Å². The lowest BCUT2D eigenvalue weighted by atomic mass is 10.0. The van der Waals surface area contributed by atoms with Crippen LogP contribution in [0, 0.1) is 11.6 Å². The highest BCUT2D eigenvalue weighted by atomic mass is 19.1. The first-order valence-electron chi connectivity index (χ1n) is 10.2. The lowest BCUT2D eigenvalue weighted by Crippen LogP contribution is -2.47. The minimum absolute atomic E-state index is 0.0267. The molecule has 0 saturated heterocycles. The number of nitrogens with one attached hydrogen (secondary N) is 1. The van der Waals surface area contributed by atoms with Crippen LogP contribution >= 0.6 is 0 Å². The third-order valence-electron chi connectivity index (χ3n) is 5.47. The molecular formula is C24H22F2N2O3. The van der Waals surface area contributed by atoms with Gasteiger partial charge in [0.2, 0.25) is 5.91 Å². The maximum absolute atomic E-state index is 14.9. The molecule has 3 aromatic rings. The fraction of sp³-hybridized carbons (Fsp3) is 0.250. The van der Waals surface area contributed by atoms with Gasteiger partial charge in [-0.05, 0) is 43.2 Å². The highest BCUT2D eigenvalue weighted by Crippen LogP contribution is 2.33. The Kier molecular flexibility index (Phi) is 6.11. The zero-order valence-electron chi connectivity index (χ0n) is 16.8. The van der Waals surface area contributed by atoms with Crippen molar-refractivity contribution in [3.05, 3.63) is 89.9 Å². The number of carbonyl (C=O) groups excluding carboxylic acids is 2. The highest BCUT2D eigenvalue weighted by Gasteiger charge is 2.38. The van der Waals surface area contributed by atoms with Crippen LogP contribution in [-0.4, -0.2) is 17.9 Å². The average Bonchev–Trinajstić information content (AvgIpc) is 3.47. The smallest absolute Gasteiger partial charge is 0.295 e. The summed E-state index contributed by atoms with van der Waals surface area (Å²) in [4.78, 5) is 27.8. The first kappa shape index (κ1) is 20.8. The third-order valence-corrected chi connectivity index (χ3v) is 5.47. The van der Waals surface area contributed by atoms with Gasteiger partial charge in [-0.2, -0.15) is 0 Å². The van der Waals surface area contributed by atoms with E-state index in [1.807, 2.05) is 0 Å². The van der Waals surface area contributed by atoms with Crippen molar-refractivity contribution in [1.82, 2.24) is 5.32 Å². The van der Waals surface area contributed by atoms with Crippen LogP contribution in [0.1, 0.15) is 47.8 Å². The van der Waals surface area contributed by atoms with Gasteiger partial charge in [-0.3, -0.25) is 14.5 Å². The molecule has 5 nitrogen and oxygen atoms in total. The average molecular weight is 424 g/mol. The van der Waals surface area contributed by atoms with E-state index in [9.17, 15) is 18.4 Å². The molecule has 2 aromatic carbocycles. The van der Waals surface area contributed by atoms with E-state index in [0.717, 1.165) is 30.6 Å². The van der Waals surface area contributed by atoms with Gasteiger partial charge in [0.25, 0.3) is 5.91 Å². The Bertz CT molecular complexity index is 1060. The molecule has 7 heteroatoms. The Morgan fingerprint density at radius 3 is 2.26 bits per heavy atom. The van der Waals surface area contributed by atoms with Crippen LogP contribution in [0.15, 0.2) is 71.3 Å². The fourth-order valence-electron chi connectivity index (χ4n) is 3.98. The normalized spacial score (nSPS) is 14.9. The molecule has 1 unspecified atom stereocenters. The Morgan fingerprint density at radius 1 is 0.935 bits per heavy atom. The zero-order chi connectivity index (χ0) is 21.8. The Morgan fingerprint density at radius 2 is 1.61 bits per heavy atom. The van der Waals surface area contributed by atoms with Gasteiger partial charge in [-0.25, -0.2) is 8.78 Å². The molecule has 2 amide bonds. The molecule has 1 aromatic heterocycles. The maximum Gasteiger partial charge on any atom is 0.295 e. The van der Waals surface area contributed by atoms with Crippen molar-refractivity contribution in [2.24, 2.45) is 0 Å². The molecule has 1 atom stereocenters. The van der Waals surface area contributed by atoms with Crippen molar-refractivity contribution >= 4 is 17.5 Å². The van der Waals surface area contributed by atoms with Crippen molar-refractivity contribution in [2.45, 2.75) is 37.8 Å². The lowest BCUT2D eigenvalue weighted by molar-refractivity contribution is -0.123. The molecule has 1 heterocycles. The van der Waals surface area contributed by atoms with E-state index >= 15 is 0 Å². The van der Waals surface area contributed by atoms with E-state index in [-0.39, 0.29) is 23.1 Å². The molecular weight excluding hydrogens is 402 g/mol. The monoisotopic (exact) mass is 424 g/mol. The number of rotatable bonds is 6. The zero-order valence-corrected chi connectivity index (χ0v) is 16.8. The highest BCUT2D eigenvalue weighted by molar-refractivity contribution is 6.08. The van der Waals surface area contributed by atoms with Crippen molar-refractivity contribution in [3.8, 4) is 0 Å². The molecule has 160 valence electrons. The second kappa shape index (κ2) is 9.12. The summed E-state index contributed by atoms with van der Waals surface area (Å²) in [5.74, 6) is -2.77. The first-order chi connectivity index (χ1) is 15.1. The summed E-state index contributed by atoms with van der Waals surface area (Å²) in [6.07, 6.45) is 4.89. The number of amides is 2. The number of para-hydroxylation sites is 1. The van der Waals surface area contributed by atoms with Crippen LogP contribution in [0.5, 0.6) is 0 Å². The van der Waals surface area contributed by atoms with Gasteiger partial charge >= 0.3 is 0 Å². The molecule has 1 fully saturated rings. The Labute approximate surface area is 178 Å². The summed E-state index contributed by atoms with van der Waals surface area (Å²) in [5, 5.41) is 2.92. The lowest BCUT2D eigenvalue weighted by Gasteiger charge is -2.32. The number of furan rings is 1. The first-order valence-corrected chi connectivity index (χ1v) is 10.2. The SMILES string of the molecule is O=C(NC1CCCC1)C(c1ccccc1F)N(C(=O)c1ccco1)c1ccccc1F. The minimum atomic E-state index is -1.42. The van der Waals surface area contributed by atoms with E-state index in [2.05, 4.69) is 5.32 Å². The number of carbonyl (C=O) groups is 2. The van der Waals surface area contributed by atoms with Gasteiger partial charge in [0.15, 0.2) is 5.76 Å². The summed E-state index contributed by atoms with van der Waals surface area (Å²) in [5.41, 5.74) is -0.167. The van der Waals surface area contributed by atoms with Crippen molar-refractivity contribution in [2.75, 3.05) is 4.90 Å². The van der Waals surface area contributed by atoms with E-state index in [0.29, 0.717) is 0 Å². The molecule has 31 heavy (non-hydrogen) atoms. The van der Waals surface area contributed by atoms with Crippen LogP contribution in [0.25, 0.3) is 0 Å². The van der Waals surface area contributed by atoms with Gasteiger partial charge < -0.3 is 9.73 Å². The second-order valence-corrected chi connectivity index (χ2v) is 7.52. The Balaban J connectivity index is 1.84. The van der Waals surface area contributed by atoms with Crippen LogP contribution in [0.4, 0.5) is 14.5 Å². The maximum atomic E-state index is 14.9. The number of hydrogen-bond donors (Lipinski definition) is 1. The van der Waals surface area contributed by atoms with E-state index in [1.54, 1.807) is 12.1 Å². The van der Waals surface area contributed by atoms with Gasteiger partial charge in [0.05, 0.1) is 12.0 Å². The van der Waals surface area contributed by atoms with E-state index in [1.165, 1.54) is 54.8 Å². The standard InChI is InChI=1S/C24H22F2N2O3/c25-18-11-4-3-10-17(18)22(23(29)27-16-8-1-2-9-16)28(20-13-6-5-12-19(20)26)24(30)21-14-7-15-31-21/h3-7,10-16,22H,1-2,8-9H2,(H,27,29). The summed E-state index contributed by atoms with van der Waals surface area (Å²) in [6, 6.07) is 12.8. The number of nitrogens with zero attached hydrogens (tertiary/aromatic N) is 1. The van der Waals surface area contributed by atoms with Crippen LogP contribution in [0.2, 0.25) is 0 Å². The van der Waals surface area contributed by atoms with Crippen molar-refractivity contribution in [1.29, 1.82) is 0 Å². The molecule has 1 N–H and O–H groups in total. The number of halogens is 2. The number of hydrogen-bond acceptors (Lipinski definition) is 3. The molecule has 0 spiro atoms. The van der Waals surface area contributed by atoms with Gasteiger partial charge in [0.1, 0.15) is 17.7 Å². The van der Waals surface area contributed by atoms with Gasteiger partial charge in [-0.1, -0.05) is 43.2 Å². The molecule has 0 radical (unpaired) electrons. The van der Waals surface area contributed by atoms with Crippen molar-refractivity contribution < 1.29 is 22.8 Å². The molecule has 4 rings (SSSR count). The molecule has 1 aliphatic carbocycles. The van der Waals surface area contributed by atoms with E-state index in [4.69, 9.17) is 4.42 Å². The third kappa shape index (κ3) is 4.35. The Hall–Kier alpha value is -3.48.